The predicted octanol–water partition coefficient (Wildman–Crippen LogP) is -0.239. The molecule has 1 fully saturated rings. The summed E-state index contributed by atoms with van der Waals surface area (Å²) in [7, 11) is 0. The van der Waals surface area contributed by atoms with E-state index in [9.17, 15) is 5.11 Å². The second-order valence-electron chi connectivity index (χ2n) is 4.77. The number of nitrogens with one attached hydrogen (secondary N) is 1. The first-order valence-electron chi connectivity index (χ1n) is 6.41. The lowest BCUT2D eigenvalue weighted by Crippen LogP contribution is -2.34. The van der Waals surface area contributed by atoms with Gasteiger partial charge in [-0.25, -0.2) is 0 Å². The molecule has 3 N–H and O–H groups in total. The van der Waals surface area contributed by atoms with Crippen molar-refractivity contribution in [2.45, 2.75) is 32.0 Å². The SMILES string of the molecule is CC(CO)CNCC(O)COCC1CCCO1. The molecule has 1 saturated heterocycles. The van der Waals surface area contributed by atoms with Crippen molar-refractivity contribution in [2.24, 2.45) is 5.92 Å². The van der Waals surface area contributed by atoms with Crippen LogP contribution in [0.1, 0.15) is 19.8 Å². The average molecular weight is 247 g/mol. The van der Waals surface area contributed by atoms with E-state index in [0.717, 1.165) is 19.4 Å². The molecule has 0 bridgehead atoms. The average Bonchev–Trinajstić information content (AvgIpc) is 2.82. The third kappa shape index (κ3) is 6.95. The lowest BCUT2D eigenvalue weighted by atomic mass is 10.2. The summed E-state index contributed by atoms with van der Waals surface area (Å²) in [5.74, 6) is 0.218. The van der Waals surface area contributed by atoms with Crippen molar-refractivity contribution in [1.29, 1.82) is 0 Å². The Morgan fingerprint density at radius 3 is 2.94 bits per heavy atom. The van der Waals surface area contributed by atoms with E-state index in [1.807, 2.05) is 6.92 Å². The van der Waals surface area contributed by atoms with Gasteiger partial charge in [0.05, 0.1) is 25.4 Å². The zero-order valence-corrected chi connectivity index (χ0v) is 10.6. The van der Waals surface area contributed by atoms with Gasteiger partial charge in [0, 0.05) is 19.8 Å². The maximum Gasteiger partial charge on any atom is 0.0897 e. The third-order valence-electron chi connectivity index (χ3n) is 2.82. The summed E-state index contributed by atoms with van der Waals surface area (Å²) in [4.78, 5) is 0. The molecule has 0 saturated carbocycles. The maximum absolute atomic E-state index is 9.62. The zero-order valence-electron chi connectivity index (χ0n) is 10.6. The predicted molar refractivity (Wildman–Crippen MR) is 64.9 cm³/mol. The minimum atomic E-state index is -0.498. The zero-order chi connectivity index (χ0) is 12.5. The van der Waals surface area contributed by atoms with Crippen molar-refractivity contribution in [3.8, 4) is 0 Å². The smallest absolute Gasteiger partial charge is 0.0897 e. The quantitative estimate of drug-likeness (QED) is 0.524. The van der Waals surface area contributed by atoms with Crippen LogP contribution in [0, 0.1) is 5.92 Å². The lowest BCUT2D eigenvalue weighted by Gasteiger charge is -2.15. The van der Waals surface area contributed by atoms with Crippen molar-refractivity contribution in [3.63, 3.8) is 0 Å². The van der Waals surface area contributed by atoms with Crippen LogP contribution in [0.15, 0.2) is 0 Å². The summed E-state index contributed by atoms with van der Waals surface area (Å²) in [6, 6.07) is 0. The third-order valence-corrected chi connectivity index (χ3v) is 2.82. The number of rotatable bonds is 9. The van der Waals surface area contributed by atoms with Gasteiger partial charge < -0.3 is 25.0 Å². The van der Waals surface area contributed by atoms with Gasteiger partial charge >= 0.3 is 0 Å². The summed E-state index contributed by atoms with van der Waals surface area (Å²) >= 11 is 0. The van der Waals surface area contributed by atoms with Crippen LogP contribution in [0.2, 0.25) is 0 Å². The fourth-order valence-corrected chi connectivity index (χ4v) is 1.73. The minimum absolute atomic E-state index is 0.165. The Bertz CT molecular complexity index is 185. The normalized spacial score (nSPS) is 23.8. The molecule has 0 radical (unpaired) electrons. The highest BCUT2D eigenvalue weighted by Crippen LogP contribution is 2.11. The number of hydrogen-bond acceptors (Lipinski definition) is 5. The molecule has 0 spiro atoms. The van der Waals surface area contributed by atoms with E-state index in [4.69, 9.17) is 14.6 Å². The molecule has 3 unspecified atom stereocenters. The van der Waals surface area contributed by atoms with Gasteiger partial charge in [0.2, 0.25) is 0 Å². The summed E-state index contributed by atoms with van der Waals surface area (Å²) in [6.07, 6.45) is 1.88. The lowest BCUT2D eigenvalue weighted by molar-refractivity contribution is -0.0166. The molecular weight excluding hydrogens is 222 g/mol. The molecule has 0 aliphatic carbocycles. The van der Waals surface area contributed by atoms with Crippen LogP contribution in [-0.2, 0) is 9.47 Å². The van der Waals surface area contributed by atoms with Crippen LogP contribution in [0.4, 0.5) is 0 Å². The van der Waals surface area contributed by atoms with Crippen LogP contribution in [0.5, 0.6) is 0 Å². The summed E-state index contributed by atoms with van der Waals surface area (Å²) < 4.78 is 10.8. The van der Waals surface area contributed by atoms with Crippen molar-refractivity contribution in [1.82, 2.24) is 5.32 Å². The molecule has 1 aliphatic rings. The van der Waals surface area contributed by atoms with E-state index >= 15 is 0 Å². The van der Waals surface area contributed by atoms with Gasteiger partial charge in [-0.15, -0.1) is 0 Å². The Labute approximate surface area is 103 Å². The van der Waals surface area contributed by atoms with E-state index in [0.29, 0.717) is 26.3 Å². The Morgan fingerprint density at radius 2 is 2.29 bits per heavy atom. The molecule has 5 nitrogen and oxygen atoms in total. The molecular formula is C12H25NO4. The van der Waals surface area contributed by atoms with Gasteiger partial charge in [-0.3, -0.25) is 0 Å². The molecule has 5 heteroatoms. The molecule has 17 heavy (non-hydrogen) atoms. The van der Waals surface area contributed by atoms with E-state index in [1.165, 1.54) is 0 Å². The summed E-state index contributed by atoms with van der Waals surface area (Å²) in [5.41, 5.74) is 0. The summed E-state index contributed by atoms with van der Waals surface area (Å²) in [6.45, 7) is 5.06. The molecule has 0 aromatic heterocycles. The standard InChI is InChI=1S/C12H25NO4/c1-10(7-14)5-13-6-11(15)8-16-9-12-3-2-4-17-12/h10-15H,2-9H2,1H3. The number of aliphatic hydroxyl groups is 2. The van der Waals surface area contributed by atoms with Crippen molar-refractivity contribution >= 4 is 0 Å². The highest BCUT2D eigenvalue weighted by atomic mass is 16.5. The van der Waals surface area contributed by atoms with Crippen molar-refractivity contribution in [2.75, 3.05) is 39.5 Å². The minimum Gasteiger partial charge on any atom is -0.396 e. The van der Waals surface area contributed by atoms with Crippen LogP contribution < -0.4 is 5.32 Å². The second kappa shape index (κ2) is 8.83. The van der Waals surface area contributed by atoms with Gasteiger partial charge in [-0.1, -0.05) is 6.92 Å². The first kappa shape index (κ1) is 14.9. The Morgan fingerprint density at radius 1 is 1.47 bits per heavy atom. The van der Waals surface area contributed by atoms with E-state index in [1.54, 1.807) is 0 Å². The van der Waals surface area contributed by atoms with E-state index < -0.39 is 6.10 Å². The highest BCUT2D eigenvalue weighted by Gasteiger charge is 2.16. The largest absolute Gasteiger partial charge is 0.396 e. The number of hydrogen-bond donors (Lipinski definition) is 3. The fourth-order valence-electron chi connectivity index (χ4n) is 1.73. The van der Waals surface area contributed by atoms with E-state index in [2.05, 4.69) is 5.32 Å². The molecule has 1 rings (SSSR count). The number of aliphatic hydroxyl groups excluding tert-OH is 2. The molecule has 0 aromatic rings. The Kier molecular flexibility index (Phi) is 7.72. The van der Waals surface area contributed by atoms with Gasteiger partial charge in [0.1, 0.15) is 0 Å². The van der Waals surface area contributed by atoms with Crippen LogP contribution in [-0.4, -0.2) is 61.9 Å². The van der Waals surface area contributed by atoms with Crippen molar-refractivity contribution < 1.29 is 19.7 Å². The Hall–Kier alpha value is -0.200. The second-order valence-corrected chi connectivity index (χ2v) is 4.77. The van der Waals surface area contributed by atoms with Gasteiger partial charge in [0.15, 0.2) is 0 Å². The molecule has 1 heterocycles. The molecule has 3 atom stereocenters. The van der Waals surface area contributed by atoms with Crippen LogP contribution in [0.25, 0.3) is 0 Å². The van der Waals surface area contributed by atoms with Crippen LogP contribution in [0.3, 0.4) is 0 Å². The van der Waals surface area contributed by atoms with Crippen LogP contribution >= 0.6 is 0 Å². The first-order chi connectivity index (χ1) is 8.22. The number of ether oxygens (including phenoxy) is 2. The summed E-state index contributed by atoms with van der Waals surface area (Å²) in [5, 5.41) is 21.5. The van der Waals surface area contributed by atoms with Gasteiger partial charge in [-0.2, -0.15) is 0 Å². The monoisotopic (exact) mass is 247 g/mol. The molecule has 0 amide bonds. The topological polar surface area (TPSA) is 71.0 Å². The highest BCUT2D eigenvalue weighted by molar-refractivity contribution is 4.65. The molecule has 0 aromatic carbocycles. The van der Waals surface area contributed by atoms with Gasteiger partial charge in [-0.05, 0) is 25.3 Å². The molecule has 1 aliphatic heterocycles. The van der Waals surface area contributed by atoms with Crippen molar-refractivity contribution in [3.05, 3.63) is 0 Å². The molecule has 102 valence electrons. The first-order valence-corrected chi connectivity index (χ1v) is 6.41. The van der Waals surface area contributed by atoms with Gasteiger partial charge in [0.25, 0.3) is 0 Å². The fraction of sp³-hybridized carbons (Fsp3) is 1.00. The maximum atomic E-state index is 9.62. The van der Waals surface area contributed by atoms with E-state index in [-0.39, 0.29) is 18.6 Å². The Balaban J connectivity index is 1.91.